The third-order valence-electron chi connectivity index (χ3n) is 7.69. The minimum Gasteiger partial charge on any atom is -0.404 e. The molecule has 0 aliphatic carbocycles. The second-order valence-electron chi connectivity index (χ2n) is 11.4. The van der Waals surface area contributed by atoms with Crippen LogP contribution in [0.5, 0.6) is 0 Å². The normalized spacial score (nSPS) is 15.9. The fourth-order valence-corrected chi connectivity index (χ4v) is 11.3. The van der Waals surface area contributed by atoms with E-state index in [4.69, 9.17) is 18.2 Å². The molecule has 2 aromatic carbocycles. The molecule has 0 radical (unpaired) electrons. The Morgan fingerprint density at radius 3 is 1.83 bits per heavy atom. The summed E-state index contributed by atoms with van der Waals surface area (Å²) in [6, 6.07) is 20.8. The molecular formula is C32H46IO6PSi. The summed E-state index contributed by atoms with van der Waals surface area (Å²) in [7, 11) is -1.87. The van der Waals surface area contributed by atoms with Crippen LogP contribution in [0.3, 0.4) is 0 Å². The van der Waals surface area contributed by atoms with Gasteiger partial charge >= 0.3 is 7.60 Å². The minimum absolute atomic E-state index is 0.0186. The maximum atomic E-state index is 13.7. The summed E-state index contributed by atoms with van der Waals surface area (Å²) in [5.41, 5.74) is 1.56. The van der Waals surface area contributed by atoms with Gasteiger partial charge in [0.2, 0.25) is 0 Å². The van der Waals surface area contributed by atoms with Crippen molar-refractivity contribution in [1.82, 2.24) is 0 Å². The van der Waals surface area contributed by atoms with Gasteiger partial charge in [0, 0.05) is 33.7 Å². The predicted octanol–water partition coefficient (Wildman–Crippen LogP) is 7.31. The summed E-state index contributed by atoms with van der Waals surface area (Å²) in [4.78, 5) is 13.7. The van der Waals surface area contributed by atoms with Crippen molar-refractivity contribution in [1.29, 1.82) is 0 Å². The van der Waals surface area contributed by atoms with E-state index in [1.54, 1.807) is 20.1 Å². The molecule has 9 heteroatoms. The van der Waals surface area contributed by atoms with Crippen LogP contribution in [0.1, 0.15) is 48.0 Å². The van der Waals surface area contributed by atoms with Gasteiger partial charge in [0.15, 0.2) is 5.78 Å². The van der Waals surface area contributed by atoms with Gasteiger partial charge in [-0.3, -0.25) is 9.36 Å². The second kappa shape index (κ2) is 15.9. The Morgan fingerprint density at radius 1 is 0.951 bits per heavy atom. The lowest BCUT2D eigenvalue weighted by molar-refractivity contribution is -0.118. The van der Waals surface area contributed by atoms with Gasteiger partial charge in [-0.1, -0.05) is 117 Å². The number of rotatable bonds is 15. The quantitative estimate of drug-likeness (QED) is 0.0835. The Labute approximate surface area is 261 Å². The highest BCUT2D eigenvalue weighted by Crippen LogP contribution is 2.46. The molecule has 0 saturated carbocycles. The SMILES string of the molecule is CO[C@@H](/C(C)=C/I)[C@@H](C)[C@H](CC(=O)/C(C)=C/CP(=O)(OC)OC)O[Si](c1ccccc1)(c1ccccc1)C(C)(C)C. The van der Waals surface area contributed by atoms with E-state index in [1.165, 1.54) is 14.2 Å². The fraction of sp³-hybridized carbons (Fsp3) is 0.469. The number of allylic oxidation sites excluding steroid dienone is 2. The van der Waals surface area contributed by atoms with Crippen LogP contribution in [0.15, 0.2) is 82.0 Å². The second-order valence-corrected chi connectivity index (χ2v) is 18.6. The molecule has 0 aliphatic heterocycles. The molecule has 0 amide bonds. The van der Waals surface area contributed by atoms with Crippen molar-refractivity contribution in [2.45, 2.75) is 65.2 Å². The molecule has 0 spiro atoms. The van der Waals surface area contributed by atoms with Gasteiger partial charge in [-0.25, -0.2) is 0 Å². The number of benzene rings is 2. The minimum atomic E-state index is -3.28. The third kappa shape index (κ3) is 8.82. The number of carbonyl (C=O) groups excluding carboxylic acids is 1. The van der Waals surface area contributed by atoms with Crippen molar-refractivity contribution in [2.75, 3.05) is 27.5 Å². The maximum Gasteiger partial charge on any atom is 0.333 e. The van der Waals surface area contributed by atoms with Crippen molar-refractivity contribution >= 4 is 54.7 Å². The molecule has 0 aromatic heterocycles. The number of methoxy groups -OCH3 is 1. The molecule has 0 heterocycles. The van der Waals surface area contributed by atoms with Crippen LogP contribution < -0.4 is 10.4 Å². The predicted molar refractivity (Wildman–Crippen MR) is 180 cm³/mol. The van der Waals surface area contributed by atoms with Gasteiger partial charge in [0.25, 0.3) is 8.32 Å². The topological polar surface area (TPSA) is 71.1 Å². The zero-order valence-corrected chi connectivity index (χ0v) is 29.9. The Kier molecular flexibility index (Phi) is 13.9. The first-order valence-electron chi connectivity index (χ1n) is 13.8. The molecule has 0 fully saturated rings. The fourth-order valence-electron chi connectivity index (χ4n) is 5.26. The first kappa shape index (κ1) is 35.8. The zero-order valence-electron chi connectivity index (χ0n) is 25.8. The van der Waals surface area contributed by atoms with Crippen molar-refractivity contribution in [2.24, 2.45) is 5.92 Å². The smallest absolute Gasteiger partial charge is 0.333 e. The van der Waals surface area contributed by atoms with Crippen LogP contribution in [0, 0.1) is 5.92 Å². The van der Waals surface area contributed by atoms with Crippen LogP contribution in [-0.2, 0) is 27.6 Å². The van der Waals surface area contributed by atoms with Crippen molar-refractivity contribution < 1.29 is 27.6 Å². The summed E-state index contributed by atoms with van der Waals surface area (Å²) in [5, 5.41) is 2.03. The van der Waals surface area contributed by atoms with E-state index < -0.39 is 22.0 Å². The molecule has 2 aromatic rings. The number of carbonyl (C=O) groups is 1. The van der Waals surface area contributed by atoms with E-state index in [-0.39, 0.29) is 35.4 Å². The van der Waals surface area contributed by atoms with E-state index in [0.29, 0.717) is 5.57 Å². The molecule has 0 aliphatic rings. The highest BCUT2D eigenvalue weighted by molar-refractivity contribution is 14.1. The summed E-state index contributed by atoms with van der Waals surface area (Å²) >= 11 is 2.23. The van der Waals surface area contributed by atoms with Gasteiger partial charge < -0.3 is 18.2 Å². The lowest BCUT2D eigenvalue weighted by Crippen LogP contribution is -2.68. The Bertz CT molecular complexity index is 1180. The van der Waals surface area contributed by atoms with Crippen molar-refractivity contribution in [3.05, 3.63) is 82.0 Å². The Balaban J connectivity index is 2.70. The van der Waals surface area contributed by atoms with Crippen LogP contribution in [0.2, 0.25) is 5.04 Å². The van der Waals surface area contributed by atoms with Crippen LogP contribution in [0.4, 0.5) is 0 Å². The number of hydrogen-bond donors (Lipinski definition) is 0. The average molecular weight is 713 g/mol. The number of hydrogen-bond acceptors (Lipinski definition) is 6. The van der Waals surface area contributed by atoms with E-state index >= 15 is 0 Å². The lowest BCUT2D eigenvalue weighted by Gasteiger charge is -2.47. The largest absolute Gasteiger partial charge is 0.404 e. The lowest BCUT2D eigenvalue weighted by atomic mass is 9.90. The molecule has 41 heavy (non-hydrogen) atoms. The van der Waals surface area contributed by atoms with E-state index in [9.17, 15) is 9.36 Å². The first-order chi connectivity index (χ1) is 19.3. The van der Waals surface area contributed by atoms with Crippen LogP contribution in [0.25, 0.3) is 0 Å². The Hall–Kier alpha value is -1.39. The zero-order chi connectivity index (χ0) is 30.8. The van der Waals surface area contributed by atoms with Gasteiger partial charge in [0.05, 0.1) is 18.4 Å². The van der Waals surface area contributed by atoms with Crippen molar-refractivity contribution in [3.8, 4) is 0 Å². The number of Topliss-reactive ketones (excluding diaryl/α,β-unsaturated/α-hetero) is 1. The van der Waals surface area contributed by atoms with Crippen LogP contribution >= 0.6 is 30.2 Å². The first-order valence-corrected chi connectivity index (χ1v) is 18.7. The number of halogens is 1. The molecule has 0 N–H and O–H groups in total. The molecule has 226 valence electrons. The molecule has 2 rings (SSSR count). The van der Waals surface area contributed by atoms with Gasteiger partial charge in [-0.2, -0.15) is 0 Å². The van der Waals surface area contributed by atoms with Gasteiger partial charge in [0.1, 0.15) is 0 Å². The Morgan fingerprint density at radius 2 is 1.44 bits per heavy atom. The average Bonchev–Trinajstić information content (AvgIpc) is 2.98. The van der Waals surface area contributed by atoms with E-state index in [1.807, 2.05) is 23.1 Å². The van der Waals surface area contributed by atoms with E-state index in [2.05, 4.69) is 98.8 Å². The summed E-state index contributed by atoms with van der Waals surface area (Å²) in [6.45, 7) is 12.6. The molecule has 3 atom stereocenters. The number of ether oxygens (including phenoxy) is 1. The van der Waals surface area contributed by atoms with Crippen molar-refractivity contribution in [3.63, 3.8) is 0 Å². The molecular weight excluding hydrogens is 666 g/mol. The molecule has 0 saturated heterocycles. The highest BCUT2D eigenvalue weighted by Gasteiger charge is 2.52. The number of ketones is 1. The maximum absolute atomic E-state index is 13.7. The molecule has 0 bridgehead atoms. The molecule has 0 unspecified atom stereocenters. The highest BCUT2D eigenvalue weighted by atomic mass is 127. The van der Waals surface area contributed by atoms with Gasteiger partial charge in [-0.05, 0) is 44.5 Å². The summed E-state index contributed by atoms with van der Waals surface area (Å²) in [6.07, 6.45) is 1.10. The van der Waals surface area contributed by atoms with Gasteiger partial charge in [-0.15, -0.1) is 0 Å². The van der Waals surface area contributed by atoms with Crippen LogP contribution in [-0.4, -0.2) is 53.8 Å². The monoisotopic (exact) mass is 712 g/mol. The molecule has 6 nitrogen and oxygen atoms in total. The standard InChI is InChI=1S/C32H46IO6PSi/c1-24(20-21-40(35,37-8)38-9)29(34)22-30(26(3)31(36-7)25(2)23-33)39-41(32(4,5)6,27-16-12-10-13-17-27)28-18-14-11-15-19-28/h10-20,23,26,30-31H,21-22H2,1-9H3/b24-20+,25-23+/t26-,30-,31-/m0/s1. The summed E-state index contributed by atoms with van der Waals surface area (Å²) in [5.74, 6) is -0.224. The third-order valence-corrected chi connectivity index (χ3v) is 15.5. The summed E-state index contributed by atoms with van der Waals surface area (Å²) < 4.78 is 38.2. The van der Waals surface area contributed by atoms with E-state index in [0.717, 1.165) is 15.9 Å².